The van der Waals surface area contributed by atoms with E-state index in [-0.39, 0.29) is 0 Å². The van der Waals surface area contributed by atoms with Gasteiger partial charge < -0.3 is 10.1 Å². The molecule has 21 heavy (non-hydrogen) atoms. The molecule has 1 N–H and O–H groups in total. The Labute approximate surface area is 119 Å². The van der Waals surface area contributed by atoms with Crippen molar-refractivity contribution in [2.24, 2.45) is 0 Å². The summed E-state index contributed by atoms with van der Waals surface area (Å²) in [5.74, 6) is -0.0535. The number of benzene rings is 1. The Kier molecular flexibility index (Phi) is 3.45. The second-order valence-electron chi connectivity index (χ2n) is 4.78. The van der Waals surface area contributed by atoms with Crippen LogP contribution in [0.15, 0.2) is 36.5 Å². The minimum absolute atomic E-state index is 0.372. The van der Waals surface area contributed by atoms with Crippen LogP contribution in [0.2, 0.25) is 0 Å². The lowest BCUT2D eigenvalue weighted by molar-refractivity contribution is -0.138. The molecule has 1 aliphatic heterocycles. The molecule has 0 saturated carbocycles. The van der Waals surface area contributed by atoms with Crippen LogP contribution in [-0.2, 0) is 12.6 Å². The topological polar surface area (TPSA) is 34.1 Å². The zero-order chi connectivity index (χ0) is 14.9. The molecule has 1 aromatic heterocycles. The molecule has 3 rings (SSSR count). The second kappa shape index (κ2) is 5.27. The molecule has 0 radical (unpaired) electrons. The summed E-state index contributed by atoms with van der Waals surface area (Å²) in [6.07, 6.45) is -1.33. The molecule has 6 heteroatoms. The zero-order valence-electron chi connectivity index (χ0n) is 11.1. The molecule has 2 heterocycles. The van der Waals surface area contributed by atoms with Crippen LogP contribution in [0.4, 0.5) is 18.9 Å². The van der Waals surface area contributed by atoms with Gasteiger partial charge in [-0.1, -0.05) is 12.1 Å². The molecule has 0 fully saturated rings. The van der Waals surface area contributed by atoms with Crippen molar-refractivity contribution in [2.45, 2.75) is 19.0 Å². The van der Waals surface area contributed by atoms with Crippen LogP contribution in [-0.4, -0.2) is 11.5 Å². The fourth-order valence-electron chi connectivity index (χ4n) is 2.35. The van der Waals surface area contributed by atoms with Crippen LogP contribution in [0.25, 0.3) is 0 Å². The van der Waals surface area contributed by atoms with Crippen LogP contribution in [0.5, 0.6) is 11.6 Å². The van der Waals surface area contributed by atoms with Gasteiger partial charge in [-0.3, -0.25) is 0 Å². The first-order valence-electron chi connectivity index (χ1n) is 6.61. The Balaban J connectivity index is 1.99. The lowest BCUT2D eigenvalue weighted by atomic mass is 10.0. The van der Waals surface area contributed by atoms with Gasteiger partial charge in [0.2, 0.25) is 5.88 Å². The number of aromatic nitrogens is 1. The van der Waals surface area contributed by atoms with E-state index in [1.54, 1.807) is 12.1 Å². The number of hydrogen-bond acceptors (Lipinski definition) is 3. The van der Waals surface area contributed by atoms with Crippen molar-refractivity contribution in [2.75, 3.05) is 11.9 Å². The summed E-state index contributed by atoms with van der Waals surface area (Å²) in [5.41, 5.74) is 0.921. The number of alkyl halides is 3. The highest BCUT2D eigenvalue weighted by Gasteiger charge is 2.35. The van der Waals surface area contributed by atoms with Crippen molar-refractivity contribution in [3.63, 3.8) is 0 Å². The fourth-order valence-corrected chi connectivity index (χ4v) is 2.35. The molecule has 0 saturated heterocycles. The molecular formula is C15H13F3N2O. The Morgan fingerprint density at radius 2 is 2.00 bits per heavy atom. The second-order valence-corrected chi connectivity index (χ2v) is 4.78. The minimum Gasteiger partial charge on any atom is -0.436 e. The summed E-state index contributed by atoms with van der Waals surface area (Å²) in [6.45, 7) is 0.779. The lowest BCUT2D eigenvalue weighted by Gasteiger charge is -2.21. The van der Waals surface area contributed by atoms with Gasteiger partial charge in [0.15, 0.2) is 5.75 Å². The number of aryl methyl sites for hydroxylation is 1. The molecule has 1 aromatic carbocycles. The smallest absolute Gasteiger partial charge is 0.421 e. The number of halogens is 3. The van der Waals surface area contributed by atoms with Crippen LogP contribution in [0.3, 0.4) is 0 Å². The number of nitrogens with zero attached hydrogens (tertiary/aromatic N) is 1. The number of nitrogens with one attached hydrogen (secondary N) is 1. The molecule has 3 nitrogen and oxygen atoms in total. The third-order valence-corrected chi connectivity index (χ3v) is 3.32. The number of para-hydroxylation sites is 1. The van der Waals surface area contributed by atoms with Gasteiger partial charge in [-0.15, -0.1) is 0 Å². The Bertz CT molecular complexity index is 656. The van der Waals surface area contributed by atoms with Crippen molar-refractivity contribution in [1.29, 1.82) is 0 Å². The number of ether oxygens (including phenoxy) is 1. The van der Waals surface area contributed by atoms with E-state index < -0.39 is 17.6 Å². The zero-order valence-corrected chi connectivity index (χ0v) is 11.1. The number of anilines is 1. The Hall–Kier alpha value is -2.24. The monoisotopic (exact) mass is 294 g/mol. The third kappa shape index (κ3) is 2.79. The van der Waals surface area contributed by atoms with Gasteiger partial charge in [0.25, 0.3) is 0 Å². The summed E-state index contributed by atoms with van der Waals surface area (Å²) in [6, 6.07) is 7.57. The average Bonchev–Trinajstić information content (AvgIpc) is 2.47. The van der Waals surface area contributed by atoms with E-state index in [0.29, 0.717) is 5.75 Å². The fraction of sp³-hybridized carbons (Fsp3) is 0.267. The predicted molar refractivity (Wildman–Crippen MR) is 72.6 cm³/mol. The van der Waals surface area contributed by atoms with E-state index in [1.807, 2.05) is 6.07 Å². The van der Waals surface area contributed by atoms with E-state index >= 15 is 0 Å². The number of pyridine rings is 1. The molecule has 0 unspecified atom stereocenters. The van der Waals surface area contributed by atoms with Crippen LogP contribution >= 0.6 is 0 Å². The van der Waals surface area contributed by atoms with Crippen molar-refractivity contribution in [1.82, 2.24) is 4.98 Å². The van der Waals surface area contributed by atoms with E-state index in [0.717, 1.165) is 36.7 Å². The molecule has 0 bridgehead atoms. The first-order valence-corrected chi connectivity index (χ1v) is 6.61. The highest BCUT2D eigenvalue weighted by molar-refractivity contribution is 5.64. The van der Waals surface area contributed by atoms with E-state index in [2.05, 4.69) is 10.3 Å². The van der Waals surface area contributed by atoms with Gasteiger partial charge in [-0.05, 0) is 36.6 Å². The summed E-state index contributed by atoms with van der Waals surface area (Å²) < 4.78 is 44.3. The number of rotatable bonds is 2. The van der Waals surface area contributed by atoms with Crippen LogP contribution < -0.4 is 10.1 Å². The predicted octanol–water partition coefficient (Wildman–Crippen LogP) is 4.25. The van der Waals surface area contributed by atoms with Gasteiger partial charge in [0, 0.05) is 12.7 Å². The quantitative estimate of drug-likeness (QED) is 0.899. The van der Waals surface area contributed by atoms with Crippen molar-refractivity contribution in [3.8, 4) is 11.6 Å². The van der Waals surface area contributed by atoms with E-state index in [1.165, 1.54) is 12.3 Å². The van der Waals surface area contributed by atoms with Crippen LogP contribution in [0, 0.1) is 0 Å². The molecule has 1 aliphatic rings. The molecule has 2 aromatic rings. The maximum atomic E-state index is 13.0. The normalized spacial score (nSPS) is 14.2. The maximum absolute atomic E-state index is 13.0. The van der Waals surface area contributed by atoms with Crippen molar-refractivity contribution < 1.29 is 17.9 Å². The summed E-state index contributed by atoms with van der Waals surface area (Å²) in [5, 5.41) is 3.18. The molecular weight excluding hydrogens is 281 g/mol. The minimum atomic E-state index is -4.49. The van der Waals surface area contributed by atoms with Crippen molar-refractivity contribution >= 4 is 5.69 Å². The molecule has 0 spiro atoms. The summed E-state index contributed by atoms with van der Waals surface area (Å²) in [4.78, 5) is 3.72. The van der Waals surface area contributed by atoms with Gasteiger partial charge in [-0.2, -0.15) is 13.2 Å². The van der Waals surface area contributed by atoms with Gasteiger partial charge >= 0.3 is 6.18 Å². The Morgan fingerprint density at radius 1 is 1.14 bits per heavy atom. The Morgan fingerprint density at radius 3 is 2.81 bits per heavy atom. The molecule has 0 aliphatic carbocycles. The molecule has 0 atom stereocenters. The third-order valence-electron chi connectivity index (χ3n) is 3.32. The van der Waals surface area contributed by atoms with Gasteiger partial charge in [-0.25, -0.2) is 4.98 Å². The number of hydrogen-bond donors (Lipinski definition) is 1. The van der Waals surface area contributed by atoms with Gasteiger partial charge in [0.1, 0.15) is 5.56 Å². The maximum Gasteiger partial charge on any atom is 0.421 e. The number of fused-ring (bicyclic) bond motifs is 1. The summed E-state index contributed by atoms with van der Waals surface area (Å²) >= 11 is 0. The van der Waals surface area contributed by atoms with Crippen LogP contribution in [0.1, 0.15) is 17.5 Å². The summed E-state index contributed by atoms with van der Waals surface area (Å²) in [7, 11) is 0. The highest BCUT2D eigenvalue weighted by atomic mass is 19.4. The molecule has 0 amide bonds. The first kappa shape index (κ1) is 13.7. The van der Waals surface area contributed by atoms with E-state index in [9.17, 15) is 13.2 Å². The molecule has 110 valence electrons. The average molecular weight is 294 g/mol. The largest absolute Gasteiger partial charge is 0.436 e. The SMILES string of the molecule is FC(F)(F)c1cccnc1Oc1cccc2c1NCCC2. The standard InChI is InChI=1S/C15H13F3N2O/c16-15(17,18)11-6-3-9-20-14(11)21-12-7-1-4-10-5-2-8-19-13(10)12/h1,3-4,6-7,9,19H,2,5,8H2. The lowest BCUT2D eigenvalue weighted by Crippen LogP contribution is -2.13. The highest BCUT2D eigenvalue weighted by Crippen LogP contribution is 2.39. The first-order chi connectivity index (χ1) is 10.1. The van der Waals surface area contributed by atoms with Gasteiger partial charge in [0.05, 0.1) is 5.69 Å². The van der Waals surface area contributed by atoms with E-state index in [4.69, 9.17) is 4.74 Å². The van der Waals surface area contributed by atoms with Crippen molar-refractivity contribution in [3.05, 3.63) is 47.7 Å².